The summed E-state index contributed by atoms with van der Waals surface area (Å²) >= 11 is 0. The van der Waals surface area contributed by atoms with Crippen LogP contribution in [0.5, 0.6) is 0 Å². The highest BCUT2D eigenvalue weighted by Gasteiger charge is 2.38. The van der Waals surface area contributed by atoms with E-state index in [1.54, 1.807) is 4.90 Å². The number of amides is 1. The van der Waals surface area contributed by atoms with Crippen LogP contribution < -0.4 is 0 Å². The lowest BCUT2D eigenvalue weighted by Crippen LogP contribution is -2.44. The Labute approximate surface area is 138 Å². The van der Waals surface area contributed by atoms with Crippen molar-refractivity contribution in [2.75, 3.05) is 13.1 Å². The minimum atomic E-state index is -0.677. The topological polar surface area (TPSA) is 100 Å². The Morgan fingerprint density at radius 2 is 1.88 bits per heavy atom. The maximum Gasteiger partial charge on any atom is 0.433 e. The summed E-state index contributed by atoms with van der Waals surface area (Å²) in [6.07, 6.45) is 1.03. The van der Waals surface area contributed by atoms with Crippen LogP contribution in [0.1, 0.15) is 29.0 Å². The SMILES string of the molecule is N#CC1(c2ccccc2)CCN(C(=O)c2ccc([N+](=O)[O-])o2)CC1. The molecule has 1 aliphatic heterocycles. The van der Waals surface area contributed by atoms with E-state index in [2.05, 4.69) is 6.07 Å². The highest BCUT2D eigenvalue weighted by atomic mass is 16.6. The lowest BCUT2D eigenvalue weighted by atomic mass is 9.74. The van der Waals surface area contributed by atoms with Crippen LogP contribution in [0.4, 0.5) is 5.88 Å². The van der Waals surface area contributed by atoms with Crippen LogP contribution in [0.3, 0.4) is 0 Å². The van der Waals surface area contributed by atoms with Gasteiger partial charge in [0, 0.05) is 13.1 Å². The van der Waals surface area contributed by atoms with E-state index in [1.165, 1.54) is 12.1 Å². The van der Waals surface area contributed by atoms with Crippen molar-refractivity contribution in [1.82, 2.24) is 4.90 Å². The third kappa shape index (κ3) is 2.74. The number of nitriles is 1. The smallest absolute Gasteiger partial charge is 0.395 e. The van der Waals surface area contributed by atoms with Gasteiger partial charge in [-0.25, -0.2) is 0 Å². The fraction of sp³-hybridized carbons (Fsp3) is 0.294. The minimum absolute atomic E-state index is 0.0501. The fourth-order valence-corrected chi connectivity index (χ4v) is 3.01. The molecule has 1 saturated heterocycles. The van der Waals surface area contributed by atoms with E-state index < -0.39 is 16.2 Å². The molecule has 1 fully saturated rings. The molecule has 2 heterocycles. The zero-order valence-electron chi connectivity index (χ0n) is 12.8. The van der Waals surface area contributed by atoms with Gasteiger partial charge in [-0.1, -0.05) is 30.3 Å². The predicted octanol–water partition coefficient (Wildman–Crippen LogP) is 2.89. The molecule has 1 aromatic heterocycles. The van der Waals surface area contributed by atoms with E-state index in [1.807, 2.05) is 30.3 Å². The number of nitro groups is 1. The van der Waals surface area contributed by atoms with Gasteiger partial charge in [0.25, 0.3) is 5.91 Å². The summed E-state index contributed by atoms with van der Waals surface area (Å²) in [5.74, 6) is -0.889. The monoisotopic (exact) mass is 325 g/mol. The number of hydrogen-bond acceptors (Lipinski definition) is 5. The molecule has 1 aromatic carbocycles. The van der Waals surface area contributed by atoms with Crippen LogP contribution in [-0.4, -0.2) is 28.8 Å². The normalized spacial score (nSPS) is 16.4. The molecule has 1 amide bonds. The van der Waals surface area contributed by atoms with E-state index >= 15 is 0 Å². The molecule has 0 saturated carbocycles. The Morgan fingerprint density at radius 1 is 1.21 bits per heavy atom. The van der Waals surface area contributed by atoms with Crippen LogP contribution in [-0.2, 0) is 5.41 Å². The molecule has 0 bridgehead atoms. The Kier molecular flexibility index (Phi) is 4.04. The van der Waals surface area contributed by atoms with Gasteiger partial charge >= 0.3 is 5.88 Å². The average molecular weight is 325 g/mol. The van der Waals surface area contributed by atoms with Crippen molar-refractivity contribution in [3.63, 3.8) is 0 Å². The highest BCUT2D eigenvalue weighted by molar-refractivity contribution is 5.91. The predicted molar refractivity (Wildman–Crippen MR) is 84.2 cm³/mol. The maximum atomic E-state index is 12.4. The number of benzene rings is 1. The standard InChI is InChI=1S/C17H15N3O4/c18-12-17(13-4-2-1-3-5-13)8-10-19(11-9-17)16(21)14-6-7-15(24-14)20(22)23/h1-7H,8-11H2. The quantitative estimate of drug-likeness (QED) is 0.638. The molecule has 0 aliphatic carbocycles. The Balaban J connectivity index is 1.73. The molecule has 24 heavy (non-hydrogen) atoms. The number of furan rings is 1. The second-order valence-corrected chi connectivity index (χ2v) is 5.75. The second kappa shape index (κ2) is 6.16. The molecule has 3 rings (SSSR count). The second-order valence-electron chi connectivity index (χ2n) is 5.75. The first-order chi connectivity index (χ1) is 11.6. The largest absolute Gasteiger partial charge is 0.433 e. The minimum Gasteiger partial charge on any atom is -0.395 e. The summed E-state index contributed by atoms with van der Waals surface area (Å²) < 4.78 is 4.97. The number of carbonyl (C=O) groups is 1. The first-order valence-electron chi connectivity index (χ1n) is 7.56. The molecule has 0 spiro atoms. The van der Waals surface area contributed by atoms with Crippen LogP contribution in [0, 0.1) is 21.4 Å². The lowest BCUT2D eigenvalue weighted by Gasteiger charge is -2.37. The number of rotatable bonds is 3. The van der Waals surface area contributed by atoms with Gasteiger partial charge in [-0.3, -0.25) is 14.9 Å². The van der Waals surface area contributed by atoms with Crippen molar-refractivity contribution < 1.29 is 14.1 Å². The molecule has 0 radical (unpaired) electrons. The molecule has 7 nitrogen and oxygen atoms in total. The van der Waals surface area contributed by atoms with E-state index in [4.69, 9.17) is 4.42 Å². The summed E-state index contributed by atoms with van der Waals surface area (Å²) in [4.78, 5) is 23.9. The van der Waals surface area contributed by atoms with Gasteiger partial charge in [0.1, 0.15) is 4.92 Å². The van der Waals surface area contributed by atoms with Gasteiger partial charge in [0.15, 0.2) is 5.76 Å². The number of piperidine rings is 1. The van der Waals surface area contributed by atoms with Crippen molar-refractivity contribution in [2.45, 2.75) is 18.3 Å². The summed E-state index contributed by atoms with van der Waals surface area (Å²) in [5, 5.41) is 20.3. The van der Waals surface area contributed by atoms with E-state index in [0.29, 0.717) is 25.9 Å². The van der Waals surface area contributed by atoms with Gasteiger partial charge in [-0.2, -0.15) is 5.26 Å². The number of nitrogens with zero attached hydrogens (tertiary/aromatic N) is 3. The first kappa shape index (κ1) is 15.7. The third-order valence-corrected chi connectivity index (χ3v) is 4.43. The van der Waals surface area contributed by atoms with E-state index in [-0.39, 0.29) is 11.7 Å². The summed E-state index contributed by atoms with van der Waals surface area (Å²) in [6, 6.07) is 14.4. The van der Waals surface area contributed by atoms with E-state index in [0.717, 1.165) is 5.56 Å². The van der Waals surface area contributed by atoms with Crippen LogP contribution in [0.2, 0.25) is 0 Å². The Bertz CT molecular complexity index is 799. The average Bonchev–Trinajstić information content (AvgIpc) is 3.12. The van der Waals surface area contributed by atoms with Crippen molar-refractivity contribution in [1.29, 1.82) is 5.26 Å². The number of hydrogen-bond donors (Lipinski definition) is 0. The summed E-state index contributed by atoms with van der Waals surface area (Å²) in [7, 11) is 0. The first-order valence-corrected chi connectivity index (χ1v) is 7.56. The van der Waals surface area contributed by atoms with Crippen molar-refractivity contribution in [2.24, 2.45) is 0 Å². The van der Waals surface area contributed by atoms with Crippen molar-refractivity contribution >= 4 is 11.8 Å². The van der Waals surface area contributed by atoms with Gasteiger partial charge in [-0.05, 0) is 24.5 Å². The van der Waals surface area contributed by atoms with Crippen molar-refractivity contribution in [3.8, 4) is 6.07 Å². The maximum absolute atomic E-state index is 12.4. The van der Waals surface area contributed by atoms with Crippen molar-refractivity contribution in [3.05, 3.63) is 63.9 Å². The van der Waals surface area contributed by atoms with Gasteiger partial charge in [0.2, 0.25) is 0 Å². The molecule has 2 aromatic rings. The number of likely N-dealkylation sites (tertiary alicyclic amines) is 1. The van der Waals surface area contributed by atoms with Gasteiger partial charge < -0.3 is 9.32 Å². The zero-order valence-corrected chi connectivity index (χ0v) is 12.8. The third-order valence-electron chi connectivity index (χ3n) is 4.43. The lowest BCUT2D eigenvalue weighted by molar-refractivity contribution is -0.402. The molecule has 122 valence electrons. The molecular weight excluding hydrogens is 310 g/mol. The molecule has 0 unspecified atom stereocenters. The molecule has 1 aliphatic rings. The number of carbonyl (C=O) groups excluding carboxylic acids is 1. The molecule has 0 atom stereocenters. The fourth-order valence-electron chi connectivity index (χ4n) is 3.01. The highest BCUT2D eigenvalue weighted by Crippen LogP contribution is 2.35. The van der Waals surface area contributed by atoms with Crippen LogP contribution >= 0.6 is 0 Å². The van der Waals surface area contributed by atoms with Crippen LogP contribution in [0.25, 0.3) is 0 Å². The van der Waals surface area contributed by atoms with Gasteiger partial charge in [-0.15, -0.1) is 0 Å². The molecule has 7 heteroatoms. The van der Waals surface area contributed by atoms with Crippen LogP contribution in [0.15, 0.2) is 46.9 Å². The van der Waals surface area contributed by atoms with Gasteiger partial charge in [0.05, 0.1) is 17.6 Å². The molecule has 0 N–H and O–H groups in total. The van der Waals surface area contributed by atoms with E-state index in [9.17, 15) is 20.2 Å². The Morgan fingerprint density at radius 3 is 2.42 bits per heavy atom. The Hall–Kier alpha value is -3.14. The summed E-state index contributed by atoms with van der Waals surface area (Å²) in [5.41, 5.74) is 0.348. The zero-order chi connectivity index (χ0) is 17.2. The summed E-state index contributed by atoms with van der Waals surface area (Å²) in [6.45, 7) is 0.797. The molecular formula is C17H15N3O4.